The lowest BCUT2D eigenvalue weighted by Crippen LogP contribution is -2.40. The number of urea groups is 1. The van der Waals surface area contributed by atoms with Crippen LogP contribution < -0.4 is 21.7 Å². The first-order chi connectivity index (χ1) is 15.6. The van der Waals surface area contributed by atoms with Gasteiger partial charge in [-0.2, -0.15) is 18.3 Å². The third kappa shape index (κ3) is 8.83. The Bertz CT molecular complexity index is 1020. The Labute approximate surface area is 190 Å². The fourth-order valence-electron chi connectivity index (χ4n) is 2.69. The molecule has 0 unspecified atom stereocenters. The Balaban J connectivity index is 0.000000479. The molecule has 7 N–H and O–H groups in total. The number of halogens is 3. The van der Waals surface area contributed by atoms with Gasteiger partial charge in [-0.3, -0.25) is 9.89 Å². The summed E-state index contributed by atoms with van der Waals surface area (Å²) in [4.78, 5) is 33.9. The summed E-state index contributed by atoms with van der Waals surface area (Å²) >= 11 is 1.22. The van der Waals surface area contributed by atoms with Gasteiger partial charge in [-0.1, -0.05) is 18.3 Å². The highest BCUT2D eigenvalue weighted by Crippen LogP contribution is 2.27. The van der Waals surface area contributed by atoms with Gasteiger partial charge < -0.3 is 26.8 Å². The molecule has 0 aromatic carbocycles. The molecule has 0 spiro atoms. The Hall–Kier alpha value is -3.57. The summed E-state index contributed by atoms with van der Waals surface area (Å²) in [5.74, 6) is 2.93. The molecule has 0 saturated carbocycles. The van der Waals surface area contributed by atoms with Gasteiger partial charge in [0.25, 0.3) is 5.91 Å². The molecule has 2 aromatic heterocycles. The lowest BCUT2D eigenvalue weighted by molar-refractivity contribution is -0.192. The lowest BCUT2D eigenvalue weighted by atomic mass is 10.1. The van der Waals surface area contributed by atoms with Crippen molar-refractivity contribution in [2.24, 2.45) is 5.73 Å². The number of H-pyrrole nitrogens is 1. The van der Waals surface area contributed by atoms with Crippen LogP contribution in [0, 0.1) is 11.8 Å². The molecule has 0 radical (unpaired) electrons. The third-order valence-corrected chi connectivity index (χ3v) is 5.20. The molecule has 178 valence electrons. The average Bonchev–Trinajstić information content (AvgIpc) is 3.30. The molecular weight excluding hydrogens is 465 g/mol. The highest BCUT2D eigenvalue weighted by molar-refractivity contribution is 7.15. The number of anilines is 1. The van der Waals surface area contributed by atoms with Crippen LogP contribution in [-0.2, 0) is 4.79 Å². The van der Waals surface area contributed by atoms with Gasteiger partial charge in [0, 0.05) is 18.8 Å². The van der Waals surface area contributed by atoms with Gasteiger partial charge in [0.05, 0.1) is 22.3 Å². The summed E-state index contributed by atoms with van der Waals surface area (Å²) in [6.45, 7) is 1.70. The van der Waals surface area contributed by atoms with Crippen LogP contribution >= 0.6 is 11.3 Å². The largest absolute Gasteiger partial charge is 0.490 e. The van der Waals surface area contributed by atoms with Gasteiger partial charge in [0.15, 0.2) is 0 Å². The van der Waals surface area contributed by atoms with Crippen LogP contribution in [0.25, 0.3) is 0 Å². The van der Waals surface area contributed by atoms with Crippen LogP contribution in [0.3, 0.4) is 0 Å². The minimum Gasteiger partial charge on any atom is -0.475 e. The van der Waals surface area contributed by atoms with Crippen molar-refractivity contribution in [3.05, 3.63) is 33.8 Å². The summed E-state index contributed by atoms with van der Waals surface area (Å²) in [7, 11) is 0. The molecule has 2 aromatic rings. The fraction of sp³-hybridized carbons (Fsp3) is 0.368. The van der Waals surface area contributed by atoms with Crippen molar-refractivity contribution in [1.82, 2.24) is 20.8 Å². The van der Waals surface area contributed by atoms with Crippen molar-refractivity contribution in [3.8, 4) is 11.8 Å². The van der Waals surface area contributed by atoms with Crippen molar-refractivity contribution in [3.63, 3.8) is 0 Å². The van der Waals surface area contributed by atoms with E-state index in [0.717, 1.165) is 37.9 Å². The van der Waals surface area contributed by atoms with E-state index < -0.39 is 18.2 Å². The SMILES string of the molecule is NC(=O)Nc1cc(C#Cc2cn[nH]c2)sc1C(=O)N[C@H]1CCCCNC1.O=C(O)C(F)(F)F. The van der Waals surface area contributed by atoms with E-state index in [2.05, 4.69) is 38.0 Å². The maximum atomic E-state index is 12.7. The number of hydrogen-bond acceptors (Lipinski definition) is 6. The number of aliphatic carboxylic acids is 1. The molecular formula is C19H21F3N6O4S. The third-order valence-electron chi connectivity index (χ3n) is 4.15. The number of thiophene rings is 1. The Morgan fingerprint density at radius 3 is 2.61 bits per heavy atom. The molecule has 3 amide bonds. The van der Waals surface area contributed by atoms with Gasteiger partial charge in [0.1, 0.15) is 4.88 Å². The number of nitrogens with two attached hydrogens (primary N) is 1. The second-order valence-corrected chi connectivity index (χ2v) is 7.81. The van der Waals surface area contributed by atoms with Gasteiger partial charge in [0.2, 0.25) is 0 Å². The quantitative estimate of drug-likeness (QED) is 0.363. The van der Waals surface area contributed by atoms with Crippen LogP contribution in [0.4, 0.5) is 23.7 Å². The first kappa shape index (κ1) is 25.7. The number of rotatable bonds is 3. The Morgan fingerprint density at radius 1 is 1.27 bits per heavy atom. The first-order valence-corrected chi connectivity index (χ1v) is 10.4. The van der Waals surface area contributed by atoms with Gasteiger partial charge in [-0.15, -0.1) is 11.3 Å². The molecule has 1 saturated heterocycles. The second kappa shape index (κ2) is 11.9. The number of carbonyl (C=O) groups excluding carboxylic acids is 2. The number of amides is 3. The monoisotopic (exact) mass is 486 g/mol. The van der Waals surface area contributed by atoms with Crippen molar-refractivity contribution in [1.29, 1.82) is 0 Å². The maximum absolute atomic E-state index is 12.7. The number of aromatic amines is 1. The summed E-state index contributed by atoms with van der Waals surface area (Å²) in [6.07, 6.45) is 1.30. The molecule has 14 heteroatoms. The predicted octanol–water partition coefficient (Wildman–Crippen LogP) is 1.87. The summed E-state index contributed by atoms with van der Waals surface area (Å²) in [5.41, 5.74) is 6.33. The van der Waals surface area contributed by atoms with Crippen molar-refractivity contribution in [2.45, 2.75) is 31.5 Å². The zero-order valence-electron chi connectivity index (χ0n) is 17.1. The van der Waals surface area contributed by atoms with E-state index in [1.807, 2.05) is 0 Å². The number of carbonyl (C=O) groups is 3. The summed E-state index contributed by atoms with van der Waals surface area (Å²) in [6, 6.07) is 0.999. The second-order valence-electron chi connectivity index (χ2n) is 6.75. The zero-order valence-corrected chi connectivity index (χ0v) is 17.9. The van der Waals surface area contributed by atoms with Crippen LogP contribution in [-0.4, -0.2) is 58.5 Å². The van der Waals surface area contributed by atoms with Gasteiger partial charge >= 0.3 is 18.2 Å². The fourth-order valence-corrected chi connectivity index (χ4v) is 3.56. The number of aromatic nitrogens is 2. The number of primary amides is 1. The highest BCUT2D eigenvalue weighted by Gasteiger charge is 2.38. The van der Waals surface area contributed by atoms with Gasteiger partial charge in [-0.25, -0.2) is 9.59 Å². The van der Waals surface area contributed by atoms with Crippen LogP contribution in [0.2, 0.25) is 0 Å². The van der Waals surface area contributed by atoms with E-state index in [1.54, 1.807) is 18.5 Å². The van der Waals surface area contributed by atoms with Crippen LogP contribution in [0.5, 0.6) is 0 Å². The van der Waals surface area contributed by atoms with E-state index in [0.29, 0.717) is 15.4 Å². The molecule has 1 atom stereocenters. The normalized spacial score (nSPS) is 15.7. The smallest absolute Gasteiger partial charge is 0.475 e. The first-order valence-electron chi connectivity index (χ1n) is 9.59. The number of nitrogens with zero attached hydrogens (tertiary/aromatic N) is 1. The number of hydrogen-bond donors (Lipinski definition) is 6. The number of alkyl halides is 3. The van der Waals surface area contributed by atoms with E-state index >= 15 is 0 Å². The van der Waals surface area contributed by atoms with E-state index in [9.17, 15) is 22.8 Å². The Kier molecular flexibility index (Phi) is 9.25. The van der Waals surface area contributed by atoms with Crippen molar-refractivity contribution < 1.29 is 32.7 Å². The predicted molar refractivity (Wildman–Crippen MR) is 114 cm³/mol. The average molecular weight is 486 g/mol. The molecule has 3 heterocycles. The van der Waals surface area contributed by atoms with E-state index in [4.69, 9.17) is 15.6 Å². The molecule has 10 nitrogen and oxygen atoms in total. The maximum Gasteiger partial charge on any atom is 0.490 e. The molecule has 3 rings (SSSR count). The van der Waals surface area contributed by atoms with Crippen LogP contribution in [0.15, 0.2) is 18.5 Å². The minimum absolute atomic E-state index is 0.0639. The molecule has 0 bridgehead atoms. The zero-order chi connectivity index (χ0) is 24.4. The van der Waals surface area contributed by atoms with E-state index in [1.165, 1.54) is 11.3 Å². The molecule has 1 aliphatic rings. The van der Waals surface area contributed by atoms with Gasteiger partial charge in [-0.05, 0) is 25.5 Å². The Morgan fingerprint density at radius 2 is 2.00 bits per heavy atom. The minimum atomic E-state index is -5.08. The highest BCUT2D eigenvalue weighted by atomic mass is 32.1. The number of nitrogens with one attached hydrogen (secondary N) is 4. The molecule has 33 heavy (non-hydrogen) atoms. The standard InChI is InChI=1S/C17H20N6O2S.C2HF3O2/c18-17(25)23-14-7-13(5-4-11-8-20-21-9-11)26-15(14)16(24)22-12-3-1-2-6-19-10-12;3-2(4,5)1(6)7/h7-9,12,19H,1-3,6,10H2,(H,20,21)(H,22,24)(H3,18,23,25);(H,6,7)/t12-;/m0./s1. The topological polar surface area (TPSA) is 162 Å². The molecule has 0 aliphatic carbocycles. The van der Waals surface area contributed by atoms with E-state index in [-0.39, 0.29) is 11.9 Å². The number of carboxylic acids is 1. The molecule has 1 aliphatic heterocycles. The van der Waals surface area contributed by atoms with Crippen LogP contribution in [0.1, 0.15) is 39.4 Å². The summed E-state index contributed by atoms with van der Waals surface area (Å²) < 4.78 is 31.7. The van der Waals surface area contributed by atoms with Crippen molar-refractivity contribution in [2.75, 3.05) is 18.4 Å². The molecule has 1 fully saturated rings. The summed E-state index contributed by atoms with van der Waals surface area (Å²) in [5, 5.41) is 22.5. The lowest BCUT2D eigenvalue weighted by Gasteiger charge is -2.16. The number of carboxylic acid groups (broad SMARTS) is 1. The van der Waals surface area contributed by atoms with Crippen molar-refractivity contribution >= 4 is 34.9 Å².